The molecule has 0 radical (unpaired) electrons. The van der Waals surface area contributed by atoms with E-state index in [1.54, 1.807) is 29.2 Å². The first kappa shape index (κ1) is 18.6. The van der Waals surface area contributed by atoms with E-state index in [1.165, 1.54) is 6.07 Å². The second kappa shape index (κ2) is 8.47. The molecule has 1 heterocycles. The van der Waals surface area contributed by atoms with Crippen molar-refractivity contribution in [2.75, 3.05) is 18.4 Å². The Morgan fingerprint density at radius 2 is 2.08 bits per heavy atom. The van der Waals surface area contributed by atoms with Crippen LogP contribution in [0, 0.1) is 11.6 Å². The van der Waals surface area contributed by atoms with Crippen molar-refractivity contribution in [3.8, 4) is 0 Å². The second-order valence-corrected chi connectivity index (χ2v) is 6.65. The number of rotatable bonds is 4. The van der Waals surface area contributed by atoms with Crippen molar-refractivity contribution in [1.29, 1.82) is 0 Å². The zero-order valence-corrected chi connectivity index (χ0v) is 14.8. The molecular formula is C19H19ClF2N2O2. The van der Waals surface area contributed by atoms with Crippen LogP contribution < -0.4 is 5.32 Å². The predicted molar refractivity (Wildman–Crippen MR) is 96.2 cm³/mol. The number of carbonyl (C=O) groups excluding carboxylic acids is 1. The quantitative estimate of drug-likeness (QED) is 0.825. The van der Waals surface area contributed by atoms with Crippen LogP contribution in [0.4, 0.5) is 19.3 Å². The van der Waals surface area contributed by atoms with Gasteiger partial charge >= 0.3 is 6.03 Å². The molecular weight excluding hydrogens is 362 g/mol. The van der Waals surface area contributed by atoms with Gasteiger partial charge in [-0.3, -0.25) is 0 Å². The van der Waals surface area contributed by atoms with E-state index in [0.717, 1.165) is 25.0 Å². The molecule has 2 amide bonds. The average molecular weight is 381 g/mol. The molecule has 0 aromatic heterocycles. The van der Waals surface area contributed by atoms with Gasteiger partial charge in [0.05, 0.1) is 12.7 Å². The fourth-order valence-corrected chi connectivity index (χ4v) is 3.06. The first-order valence-corrected chi connectivity index (χ1v) is 8.76. The van der Waals surface area contributed by atoms with Crippen molar-refractivity contribution >= 4 is 23.3 Å². The lowest BCUT2D eigenvalue weighted by molar-refractivity contribution is 0.000903. The zero-order chi connectivity index (χ0) is 18.5. The number of carbonyl (C=O) groups is 1. The topological polar surface area (TPSA) is 41.6 Å². The van der Waals surface area contributed by atoms with Gasteiger partial charge in [-0.2, -0.15) is 0 Å². The summed E-state index contributed by atoms with van der Waals surface area (Å²) in [6.07, 6.45) is 1.47. The number of hydrogen-bond donors (Lipinski definition) is 1. The number of amides is 2. The number of likely N-dealkylation sites (tertiary alicyclic amines) is 1. The third-order valence-electron chi connectivity index (χ3n) is 4.21. The van der Waals surface area contributed by atoms with E-state index in [-0.39, 0.29) is 18.7 Å². The number of nitrogens with zero attached hydrogens (tertiary/aromatic N) is 1. The molecule has 0 bridgehead atoms. The number of anilines is 1. The van der Waals surface area contributed by atoms with Gasteiger partial charge in [0.1, 0.15) is 0 Å². The Kier molecular flexibility index (Phi) is 6.06. The van der Waals surface area contributed by atoms with Gasteiger partial charge in [-0.15, -0.1) is 0 Å². The number of urea groups is 1. The van der Waals surface area contributed by atoms with Crippen LogP contribution in [0.1, 0.15) is 18.4 Å². The third kappa shape index (κ3) is 4.93. The van der Waals surface area contributed by atoms with Gasteiger partial charge in [0.15, 0.2) is 11.6 Å². The zero-order valence-electron chi connectivity index (χ0n) is 14.1. The molecule has 1 N–H and O–H groups in total. The summed E-state index contributed by atoms with van der Waals surface area (Å²) in [6.45, 7) is 1.25. The molecule has 2 aromatic rings. The van der Waals surface area contributed by atoms with Crippen molar-refractivity contribution in [1.82, 2.24) is 4.90 Å². The Balaban J connectivity index is 1.53. The molecule has 1 aliphatic heterocycles. The normalized spacial score (nSPS) is 17.2. The Hall–Kier alpha value is -2.18. The highest BCUT2D eigenvalue weighted by Crippen LogP contribution is 2.19. The van der Waals surface area contributed by atoms with Crippen molar-refractivity contribution in [3.63, 3.8) is 0 Å². The first-order valence-electron chi connectivity index (χ1n) is 8.38. The Labute approximate surface area is 155 Å². The molecule has 2 aromatic carbocycles. The third-order valence-corrected chi connectivity index (χ3v) is 4.45. The van der Waals surface area contributed by atoms with Crippen molar-refractivity contribution in [3.05, 3.63) is 64.7 Å². The van der Waals surface area contributed by atoms with Crippen LogP contribution in [-0.4, -0.2) is 30.1 Å². The lowest BCUT2D eigenvalue weighted by atomic mass is 10.1. The summed E-state index contributed by atoms with van der Waals surface area (Å²) in [5.74, 6) is -1.77. The maximum atomic E-state index is 13.2. The van der Waals surface area contributed by atoms with Gasteiger partial charge in [-0.25, -0.2) is 13.6 Å². The first-order chi connectivity index (χ1) is 12.5. The summed E-state index contributed by atoms with van der Waals surface area (Å²) in [6, 6.07) is 10.4. The van der Waals surface area contributed by atoms with Gasteiger partial charge in [0.25, 0.3) is 0 Å². The fourth-order valence-electron chi connectivity index (χ4n) is 2.87. The standard InChI is InChI=1S/C19H19ClF2N2O2/c20-14-3-1-4-15(10-14)23-19(25)24-8-2-5-16(11-24)26-12-13-6-7-17(21)18(22)9-13/h1,3-4,6-7,9-10,16H,2,5,8,11-12H2,(H,23,25)/t16-/m1/s1. The molecule has 0 spiro atoms. The predicted octanol–water partition coefficient (Wildman–Crippen LogP) is 4.83. The molecule has 1 aliphatic rings. The minimum atomic E-state index is -0.891. The van der Waals surface area contributed by atoms with E-state index in [0.29, 0.717) is 29.4 Å². The van der Waals surface area contributed by atoms with Gasteiger partial charge in [0, 0.05) is 23.8 Å². The van der Waals surface area contributed by atoms with Gasteiger partial charge < -0.3 is 15.0 Å². The minimum Gasteiger partial charge on any atom is -0.372 e. The number of halogens is 3. The monoisotopic (exact) mass is 380 g/mol. The number of benzene rings is 2. The van der Waals surface area contributed by atoms with Crippen LogP contribution in [0.25, 0.3) is 0 Å². The van der Waals surface area contributed by atoms with E-state index in [1.807, 2.05) is 0 Å². The van der Waals surface area contributed by atoms with Crippen LogP contribution in [0.15, 0.2) is 42.5 Å². The van der Waals surface area contributed by atoms with E-state index < -0.39 is 11.6 Å². The maximum Gasteiger partial charge on any atom is 0.321 e. The number of piperidine rings is 1. The van der Waals surface area contributed by atoms with Crippen LogP contribution in [-0.2, 0) is 11.3 Å². The van der Waals surface area contributed by atoms with E-state index in [9.17, 15) is 13.6 Å². The van der Waals surface area contributed by atoms with Gasteiger partial charge in [-0.1, -0.05) is 23.7 Å². The lowest BCUT2D eigenvalue weighted by Gasteiger charge is -2.32. The fraction of sp³-hybridized carbons (Fsp3) is 0.316. The molecule has 1 saturated heterocycles. The van der Waals surface area contributed by atoms with Crippen LogP contribution in [0.3, 0.4) is 0 Å². The molecule has 3 rings (SSSR count). The summed E-state index contributed by atoms with van der Waals surface area (Å²) < 4.78 is 32.0. The summed E-state index contributed by atoms with van der Waals surface area (Å²) in [5.41, 5.74) is 1.19. The molecule has 1 fully saturated rings. The average Bonchev–Trinajstić information content (AvgIpc) is 2.63. The van der Waals surface area contributed by atoms with Crippen molar-refractivity contribution < 1.29 is 18.3 Å². The number of hydrogen-bond acceptors (Lipinski definition) is 2. The smallest absolute Gasteiger partial charge is 0.321 e. The highest BCUT2D eigenvalue weighted by Gasteiger charge is 2.24. The molecule has 0 aliphatic carbocycles. The van der Waals surface area contributed by atoms with Gasteiger partial charge in [-0.05, 0) is 48.7 Å². The highest BCUT2D eigenvalue weighted by atomic mass is 35.5. The molecule has 0 unspecified atom stereocenters. The van der Waals surface area contributed by atoms with E-state index >= 15 is 0 Å². The second-order valence-electron chi connectivity index (χ2n) is 6.21. The lowest BCUT2D eigenvalue weighted by Crippen LogP contribution is -2.45. The van der Waals surface area contributed by atoms with E-state index in [4.69, 9.17) is 16.3 Å². The molecule has 26 heavy (non-hydrogen) atoms. The Bertz CT molecular complexity index is 788. The molecule has 4 nitrogen and oxygen atoms in total. The largest absolute Gasteiger partial charge is 0.372 e. The molecule has 7 heteroatoms. The van der Waals surface area contributed by atoms with Crippen LogP contribution >= 0.6 is 11.6 Å². The summed E-state index contributed by atoms with van der Waals surface area (Å²) >= 11 is 5.92. The summed E-state index contributed by atoms with van der Waals surface area (Å²) in [5, 5.41) is 3.37. The van der Waals surface area contributed by atoms with E-state index in [2.05, 4.69) is 5.32 Å². The Morgan fingerprint density at radius 1 is 1.23 bits per heavy atom. The number of ether oxygens (including phenoxy) is 1. The highest BCUT2D eigenvalue weighted by molar-refractivity contribution is 6.30. The summed E-state index contributed by atoms with van der Waals surface area (Å²) in [4.78, 5) is 14.1. The van der Waals surface area contributed by atoms with Crippen LogP contribution in [0.5, 0.6) is 0 Å². The number of nitrogens with one attached hydrogen (secondary N) is 1. The summed E-state index contributed by atoms with van der Waals surface area (Å²) in [7, 11) is 0. The van der Waals surface area contributed by atoms with Crippen LogP contribution in [0.2, 0.25) is 5.02 Å². The van der Waals surface area contributed by atoms with Gasteiger partial charge in [0.2, 0.25) is 0 Å². The maximum absolute atomic E-state index is 13.2. The minimum absolute atomic E-state index is 0.151. The Morgan fingerprint density at radius 3 is 2.85 bits per heavy atom. The SMILES string of the molecule is O=C(Nc1cccc(Cl)c1)N1CCC[C@@H](OCc2ccc(F)c(F)c2)C1. The molecule has 0 saturated carbocycles. The van der Waals surface area contributed by atoms with Crippen molar-refractivity contribution in [2.45, 2.75) is 25.6 Å². The molecule has 1 atom stereocenters. The van der Waals surface area contributed by atoms with Crippen molar-refractivity contribution in [2.24, 2.45) is 0 Å². The molecule has 138 valence electrons.